The van der Waals surface area contributed by atoms with Crippen LogP contribution in [0, 0.1) is 5.92 Å². The Morgan fingerprint density at radius 1 is 1.33 bits per heavy atom. The predicted molar refractivity (Wildman–Crippen MR) is 90.7 cm³/mol. The van der Waals surface area contributed by atoms with Crippen LogP contribution >= 0.6 is 11.6 Å². The molecule has 1 aliphatic rings. The van der Waals surface area contributed by atoms with E-state index in [1.165, 1.54) is 32.5 Å². The Morgan fingerprint density at radius 3 is 2.67 bits per heavy atom. The fraction of sp³-hybridized carbons (Fsp3) is 0.647. The number of piperidine rings is 1. The van der Waals surface area contributed by atoms with Crippen molar-refractivity contribution < 1.29 is 0 Å². The summed E-state index contributed by atoms with van der Waals surface area (Å²) in [5.74, 6) is 0.859. The van der Waals surface area contributed by atoms with Crippen molar-refractivity contribution in [3.63, 3.8) is 0 Å². The number of hydrogen-bond donors (Lipinski definition) is 1. The largest absolute Gasteiger partial charge is 0.324 e. The molecule has 1 fully saturated rings. The van der Waals surface area contributed by atoms with Gasteiger partial charge < -0.3 is 15.5 Å². The van der Waals surface area contributed by atoms with Crippen LogP contribution in [0.1, 0.15) is 30.9 Å². The lowest BCUT2D eigenvalue weighted by Gasteiger charge is -2.33. The summed E-state index contributed by atoms with van der Waals surface area (Å²) in [4.78, 5) is 4.85. The molecular weight excluding hydrogens is 282 g/mol. The van der Waals surface area contributed by atoms with E-state index in [1.807, 2.05) is 18.2 Å². The van der Waals surface area contributed by atoms with Crippen molar-refractivity contribution in [2.75, 3.05) is 40.3 Å². The van der Waals surface area contributed by atoms with E-state index < -0.39 is 0 Å². The van der Waals surface area contributed by atoms with Crippen LogP contribution in [0.5, 0.6) is 0 Å². The smallest absolute Gasteiger partial charge is 0.0409 e. The van der Waals surface area contributed by atoms with Gasteiger partial charge in [-0.15, -0.1) is 0 Å². The van der Waals surface area contributed by atoms with E-state index in [0.29, 0.717) is 0 Å². The third-order valence-corrected chi connectivity index (χ3v) is 4.60. The van der Waals surface area contributed by atoms with Crippen molar-refractivity contribution in [3.05, 3.63) is 34.9 Å². The molecule has 0 radical (unpaired) electrons. The van der Waals surface area contributed by atoms with Gasteiger partial charge in [0.2, 0.25) is 0 Å². The van der Waals surface area contributed by atoms with Crippen LogP contribution in [0.15, 0.2) is 24.3 Å². The highest BCUT2D eigenvalue weighted by Gasteiger charge is 2.20. The van der Waals surface area contributed by atoms with Crippen molar-refractivity contribution in [2.45, 2.75) is 25.3 Å². The van der Waals surface area contributed by atoms with Crippen LogP contribution in [0.4, 0.5) is 0 Å². The molecule has 2 rings (SSSR count). The molecule has 1 unspecified atom stereocenters. The molecule has 0 aromatic heterocycles. The molecule has 0 spiro atoms. The zero-order chi connectivity index (χ0) is 15.2. The zero-order valence-corrected chi connectivity index (χ0v) is 14.0. The Bertz CT molecular complexity index is 428. The van der Waals surface area contributed by atoms with Crippen LogP contribution < -0.4 is 5.73 Å². The van der Waals surface area contributed by atoms with Crippen molar-refractivity contribution in [2.24, 2.45) is 11.7 Å². The summed E-state index contributed by atoms with van der Waals surface area (Å²) < 4.78 is 0. The molecule has 0 bridgehead atoms. The lowest BCUT2D eigenvalue weighted by molar-refractivity contribution is 0.159. The SMILES string of the molecule is CN(C)CC1CCN(CCC(N)c2cccc(Cl)c2)CC1. The fourth-order valence-corrected chi connectivity index (χ4v) is 3.33. The molecule has 1 heterocycles. The maximum Gasteiger partial charge on any atom is 0.0409 e. The maximum atomic E-state index is 6.28. The second kappa shape index (κ2) is 8.14. The van der Waals surface area contributed by atoms with Gasteiger partial charge in [0.1, 0.15) is 0 Å². The van der Waals surface area contributed by atoms with Crippen molar-refractivity contribution in [1.29, 1.82) is 0 Å². The number of rotatable bonds is 6. The molecule has 1 aromatic carbocycles. The van der Waals surface area contributed by atoms with Gasteiger partial charge in [-0.1, -0.05) is 23.7 Å². The Kier molecular flexibility index (Phi) is 6.49. The number of halogens is 1. The maximum absolute atomic E-state index is 6.28. The summed E-state index contributed by atoms with van der Waals surface area (Å²) in [6.07, 6.45) is 3.62. The lowest BCUT2D eigenvalue weighted by atomic mass is 9.96. The van der Waals surface area contributed by atoms with E-state index in [4.69, 9.17) is 17.3 Å². The summed E-state index contributed by atoms with van der Waals surface area (Å²) in [6.45, 7) is 4.72. The van der Waals surface area contributed by atoms with E-state index in [0.717, 1.165) is 29.5 Å². The van der Waals surface area contributed by atoms with Gasteiger partial charge >= 0.3 is 0 Å². The molecule has 1 atom stereocenters. The van der Waals surface area contributed by atoms with Crippen molar-refractivity contribution in [3.8, 4) is 0 Å². The molecular formula is C17H28ClN3. The number of nitrogens with two attached hydrogens (primary N) is 1. The van der Waals surface area contributed by atoms with Crippen molar-refractivity contribution in [1.82, 2.24) is 9.80 Å². The topological polar surface area (TPSA) is 32.5 Å². The normalized spacial score (nSPS) is 19.1. The Labute approximate surface area is 134 Å². The average Bonchev–Trinajstić information content (AvgIpc) is 2.45. The molecule has 1 aliphatic heterocycles. The highest BCUT2D eigenvalue weighted by Crippen LogP contribution is 2.21. The molecule has 21 heavy (non-hydrogen) atoms. The molecule has 0 aliphatic carbocycles. The highest BCUT2D eigenvalue weighted by atomic mass is 35.5. The second-order valence-corrected chi connectivity index (χ2v) is 6.93. The van der Waals surface area contributed by atoms with E-state index in [2.05, 4.69) is 30.0 Å². The van der Waals surface area contributed by atoms with Crippen LogP contribution in [0.3, 0.4) is 0 Å². The number of likely N-dealkylation sites (tertiary alicyclic amines) is 1. The minimum absolute atomic E-state index is 0.0863. The molecule has 4 heteroatoms. The first-order chi connectivity index (χ1) is 10.0. The van der Waals surface area contributed by atoms with E-state index in [1.54, 1.807) is 0 Å². The van der Waals surface area contributed by atoms with Gasteiger partial charge in [0.25, 0.3) is 0 Å². The second-order valence-electron chi connectivity index (χ2n) is 6.50. The monoisotopic (exact) mass is 309 g/mol. The fourth-order valence-electron chi connectivity index (χ4n) is 3.13. The van der Waals surface area contributed by atoms with Crippen LogP contribution in [0.25, 0.3) is 0 Å². The van der Waals surface area contributed by atoms with Crippen LogP contribution in [-0.2, 0) is 0 Å². The number of benzene rings is 1. The van der Waals surface area contributed by atoms with E-state index in [9.17, 15) is 0 Å². The third-order valence-electron chi connectivity index (χ3n) is 4.36. The average molecular weight is 310 g/mol. The van der Waals surface area contributed by atoms with Gasteiger partial charge in [-0.3, -0.25) is 0 Å². The molecule has 3 nitrogen and oxygen atoms in total. The van der Waals surface area contributed by atoms with Crippen LogP contribution in [-0.4, -0.2) is 50.1 Å². The molecule has 2 N–H and O–H groups in total. The van der Waals surface area contributed by atoms with Gasteiger partial charge in [0, 0.05) is 17.6 Å². The standard InChI is InChI=1S/C17H28ClN3/c1-20(2)13-14-6-9-21(10-7-14)11-8-17(19)15-4-3-5-16(18)12-15/h3-5,12,14,17H,6-11,13,19H2,1-2H3. The summed E-state index contributed by atoms with van der Waals surface area (Å²) in [5.41, 5.74) is 7.43. The van der Waals surface area contributed by atoms with Gasteiger partial charge in [-0.2, -0.15) is 0 Å². The predicted octanol–water partition coefficient (Wildman–Crippen LogP) is 3.00. The number of hydrogen-bond acceptors (Lipinski definition) is 3. The summed E-state index contributed by atoms with van der Waals surface area (Å²) in [7, 11) is 4.33. The first kappa shape index (κ1) is 16.8. The third kappa shape index (κ3) is 5.59. The minimum Gasteiger partial charge on any atom is -0.324 e. The molecule has 0 amide bonds. The molecule has 1 saturated heterocycles. The first-order valence-electron chi connectivity index (χ1n) is 7.92. The van der Waals surface area contributed by atoms with Crippen LogP contribution in [0.2, 0.25) is 5.02 Å². The summed E-state index contributed by atoms with van der Waals surface area (Å²) >= 11 is 6.03. The number of nitrogens with zero attached hydrogens (tertiary/aromatic N) is 2. The van der Waals surface area contributed by atoms with E-state index >= 15 is 0 Å². The van der Waals surface area contributed by atoms with E-state index in [-0.39, 0.29) is 6.04 Å². The molecule has 118 valence electrons. The highest BCUT2D eigenvalue weighted by molar-refractivity contribution is 6.30. The lowest BCUT2D eigenvalue weighted by Crippen LogP contribution is -2.38. The van der Waals surface area contributed by atoms with Gasteiger partial charge in [-0.25, -0.2) is 0 Å². The molecule has 1 aromatic rings. The first-order valence-corrected chi connectivity index (χ1v) is 8.30. The van der Waals surface area contributed by atoms with Gasteiger partial charge in [0.05, 0.1) is 0 Å². The Morgan fingerprint density at radius 2 is 2.05 bits per heavy atom. The summed E-state index contributed by atoms with van der Waals surface area (Å²) in [6, 6.07) is 8.01. The molecule has 0 saturated carbocycles. The quantitative estimate of drug-likeness (QED) is 0.877. The van der Waals surface area contributed by atoms with Crippen molar-refractivity contribution >= 4 is 11.6 Å². The van der Waals surface area contributed by atoms with Gasteiger partial charge in [-0.05, 0) is 76.6 Å². The van der Waals surface area contributed by atoms with Gasteiger partial charge in [0.15, 0.2) is 0 Å². The summed E-state index contributed by atoms with van der Waals surface area (Å²) in [5, 5.41) is 0.771. The Balaban J connectivity index is 1.72. The minimum atomic E-state index is 0.0863. The zero-order valence-electron chi connectivity index (χ0n) is 13.3. The Hall–Kier alpha value is -0.610.